The van der Waals surface area contributed by atoms with E-state index in [1.165, 1.54) is 19.2 Å². The van der Waals surface area contributed by atoms with Crippen LogP contribution in [0.15, 0.2) is 59.8 Å². The van der Waals surface area contributed by atoms with Gasteiger partial charge in [0.05, 0.1) is 17.7 Å². The third-order valence-electron chi connectivity index (χ3n) is 3.78. The van der Waals surface area contributed by atoms with E-state index in [1.54, 1.807) is 18.5 Å². The normalized spacial score (nSPS) is 11.2. The molecule has 0 aliphatic rings. The van der Waals surface area contributed by atoms with Crippen LogP contribution in [0.25, 0.3) is 10.8 Å². The Hall–Kier alpha value is -2.71. The molecular weight excluding hydrogens is 370 g/mol. The molecule has 0 saturated heterocycles. The van der Waals surface area contributed by atoms with Crippen molar-refractivity contribution in [2.24, 2.45) is 0 Å². The number of nitrogens with zero attached hydrogens (tertiary/aromatic N) is 1. The molecular formula is C18H17N3O3S2. The number of ether oxygens (including phenoxy) is 1. The van der Waals surface area contributed by atoms with Gasteiger partial charge in [0.25, 0.3) is 0 Å². The maximum atomic E-state index is 11.8. The van der Waals surface area contributed by atoms with Crippen LogP contribution in [-0.4, -0.2) is 31.9 Å². The maximum Gasteiger partial charge on any atom is 0.175 e. The van der Waals surface area contributed by atoms with Gasteiger partial charge in [-0.15, -0.1) is 0 Å². The number of methoxy groups -OCH3 is 1. The van der Waals surface area contributed by atoms with E-state index in [1.807, 2.05) is 24.3 Å². The van der Waals surface area contributed by atoms with Crippen LogP contribution in [0.2, 0.25) is 0 Å². The predicted molar refractivity (Wildman–Crippen MR) is 108 cm³/mol. The fourth-order valence-corrected chi connectivity index (χ4v) is 3.39. The average molecular weight is 387 g/mol. The largest absolute Gasteiger partial charge is 0.495 e. The van der Waals surface area contributed by atoms with Crippen molar-refractivity contribution in [2.45, 2.75) is 4.90 Å². The Balaban J connectivity index is 1.88. The number of fused-ring (bicyclic) bond motifs is 1. The van der Waals surface area contributed by atoms with Crippen LogP contribution in [0.1, 0.15) is 0 Å². The van der Waals surface area contributed by atoms with Gasteiger partial charge in [-0.1, -0.05) is 12.1 Å². The lowest BCUT2D eigenvalue weighted by atomic mass is 10.1. The third kappa shape index (κ3) is 3.92. The Labute approximate surface area is 157 Å². The molecule has 1 heterocycles. The molecule has 0 atom stereocenters. The maximum absolute atomic E-state index is 11.8. The van der Waals surface area contributed by atoms with E-state index < -0.39 is 9.84 Å². The first-order chi connectivity index (χ1) is 12.4. The summed E-state index contributed by atoms with van der Waals surface area (Å²) in [6.45, 7) is 0. The Morgan fingerprint density at radius 2 is 1.88 bits per heavy atom. The van der Waals surface area contributed by atoms with E-state index in [9.17, 15) is 8.42 Å². The first-order valence-electron chi connectivity index (χ1n) is 7.67. The Bertz CT molecular complexity index is 1080. The number of hydrogen-bond donors (Lipinski definition) is 2. The van der Waals surface area contributed by atoms with Gasteiger partial charge in [-0.3, -0.25) is 4.98 Å². The van der Waals surface area contributed by atoms with Gasteiger partial charge in [0.2, 0.25) is 0 Å². The fraction of sp³-hybridized carbons (Fsp3) is 0.111. The van der Waals surface area contributed by atoms with Gasteiger partial charge >= 0.3 is 0 Å². The highest BCUT2D eigenvalue weighted by Crippen LogP contribution is 2.28. The number of aromatic nitrogens is 1. The highest BCUT2D eigenvalue weighted by Gasteiger charge is 2.13. The van der Waals surface area contributed by atoms with Crippen LogP contribution in [0.3, 0.4) is 0 Å². The van der Waals surface area contributed by atoms with Crippen LogP contribution < -0.4 is 15.4 Å². The highest BCUT2D eigenvalue weighted by molar-refractivity contribution is 7.90. The van der Waals surface area contributed by atoms with E-state index in [0.29, 0.717) is 16.5 Å². The van der Waals surface area contributed by atoms with Crippen LogP contribution in [0, 0.1) is 0 Å². The Morgan fingerprint density at radius 1 is 1.12 bits per heavy atom. The number of hydrogen-bond acceptors (Lipinski definition) is 5. The summed E-state index contributed by atoms with van der Waals surface area (Å²) in [4.78, 5) is 4.29. The van der Waals surface area contributed by atoms with E-state index in [2.05, 4.69) is 15.6 Å². The van der Waals surface area contributed by atoms with Crippen molar-refractivity contribution < 1.29 is 13.2 Å². The molecule has 0 bridgehead atoms. The van der Waals surface area contributed by atoms with Crippen molar-refractivity contribution in [3.05, 3.63) is 54.9 Å². The molecule has 6 nitrogen and oxygen atoms in total. The molecule has 0 unspecified atom stereocenters. The average Bonchev–Trinajstić information content (AvgIpc) is 2.61. The first-order valence-corrected chi connectivity index (χ1v) is 9.97. The van der Waals surface area contributed by atoms with Gasteiger partial charge in [-0.05, 0) is 42.5 Å². The number of sulfone groups is 1. The van der Waals surface area contributed by atoms with Gasteiger partial charge in [-0.2, -0.15) is 0 Å². The van der Waals surface area contributed by atoms with Crippen LogP contribution in [0.4, 0.5) is 11.4 Å². The zero-order chi connectivity index (χ0) is 18.7. The zero-order valence-electron chi connectivity index (χ0n) is 14.2. The van der Waals surface area contributed by atoms with Crippen molar-refractivity contribution in [3.8, 4) is 5.75 Å². The summed E-state index contributed by atoms with van der Waals surface area (Å²) in [5.41, 5.74) is 1.29. The molecule has 0 aliphatic carbocycles. The van der Waals surface area contributed by atoms with E-state index in [0.717, 1.165) is 22.7 Å². The van der Waals surface area contributed by atoms with Crippen LogP contribution >= 0.6 is 12.2 Å². The van der Waals surface area contributed by atoms with Crippen molar-refractivity contribution in [2.75, 3.05) is 24.0 Å². The molecule has 0 radical (unpaired) electrons. The smallest absolute Gasteiger partial charge is 0.175 e. The summed E-state index contributed by atoms with van der Waals surface area (Å²) in [5.74, 6) is 0.490. The lowest BCUT2D eigenvalue weighted by molar-refractivity contribution is 0.416. The molecule has 1 aromatic heterocycles. The standard InChI is InChI=1S/C18H17N3O3S2/c1-24-17-7-6-13(26(2,22)23)10-16(17)21-18(25)20-15-5-3-4-12-11-19-9-8-14(12)15/h3-11H,1-2H3,(H2,20,21,25). The molecule has 3 rings (SSSR count). The summed E-state index contributed by atoms with van der Waals surface area (Å²) in [5, 5.41) is 8.41. The monoisotopic (exact) mass is 387 g/mol. The van der Waals surface area contributed by atoms with Crippen molar-refractivity contribution in [3.63, 3.8) is 0 Å². The molecule has 0 aliphatic heterocycles. The number of anilines is 2. The molecule has 0 spiro atoms. The minimum atomic E-state index is -3.34. The first kappa shape index (κ1) is 18.1. The second-order valence-electron chi connectivity index (χ2n) is 5.62. The molecule has 3 aromatic rings. The fourth-order valence-electron chi connectivity index (χ4n) is 2.52. The van der Waals surface area contributed by atoms with Crippen molar-refractivity contribution >= 4 is 49.3 Å². The quantitative estimate of drug-likeness (QED) is 0.664. The van der Waals surface area contributed by atoms with Crippen LogP contribution in [0.5, 0.6) is 5.75 Å². The molecule has 0 saturated carbocycles. The second kappa shape index (κ2) is 7.27. The zero-order valence-corrected chi connectivity index (χ0v) is 15.8. The summed E-state index contributed by atoms with van der Waals surface area (Å²) < 4.78 is 28.9. The summed E-state index contributed by atoms with van der Waals surface area (Å²) in [6.07, 6.45) is 4.64. The summed E-state index contributed by atoms with van der Waals surface area (Å²) >= 11 is 5.38. The second-order valence-corrected chi connectivity index (χ2v) is 8.04. The third-order valence-corrected chi connectivity index (χ3v) is 5.09. The Kier molecular flexibility index (Phi) is 5.06. The number of benzene rings is 2. The topological polar surface area (TPSA) is 80.3 Å². The molecule has 2 aromatic carbocycles. The van der Waals surface area contributed by atoms with E-state index >= 15 is 0 Å². The molecule has 134 valence electrons. The SMILES string of the molecule is COc1ccc(S(C)(=O)=O)cc1NC(=S)Nc1cccc2cnccc12. The summed E-state index contributed by atoms with van der Waals surface area (Å²) in [7, 11) is -1.83. The van der Waals surface area contributed by atoms with Gasteiger partial charge in [0, 0.05) is 35.1 Å². The summed E-state index contributed by atoms with van der Waals surface area (Å²) in [6, 6.07) is 12.2. The van der Waals surface area contributed by atoms with Crippen molar-refractivity contribution in [1.82, 2.24) is 4.98 Å². The van der Waals surface area contributed by atoms with Gasteiger partial charge in [-0.25, -0.2) is 8.42 Å². The number of pyridine rings is 1. The lowest BCUT2D eigenvalue weighted by Crippen LogP contribution is -2.20. The molecule has 8 heteroatoms. The molecule has 0 fully saturated rings. The minimum Gasteiger partial charge on any atom is -0.495 e. The Morgan fingerprint density at radius 3 is 2.62 bits per heavy atom. The number of thiocarbonyl (C=S) groups is 1. The van der Waals surface area contributed by atoms with Crippen LogP contribution in [-0.2, 0) is 9.84 Å². The van der Waals surface area contributed by atoms with Gasteiger partial charge in [0.1, 0.15) is 5.75 Å². The molecule has 26 heavy (non-hydrogen) atoms. The molecule has 2 N–H and O–H groups in total. The van der Waals surface area contributed by atoms with E-state index in [-0.39, 0.29) is 4.90 Å². The van der Waals surface area contributed by atoms with E-state index in [4.69, 9.17) is 17.0 Å². The number of rotatable bonds is 4. The van der Waals surface area contributed by atoms with Gasteiger partial charge < -0.3 is 15.4 Å². The number of nitrogens with one attached hydrogen (secondary N) is 2. The molecule has 0 amide bonds. The highest BCUT2D eigenvalue weighted by atomic mass is 32.2. The van der Waals surface area contributed by atoms with Gasteiger partial charge in [0.15, 0.2) is 14.9 Å². The lowest BCUT2D eigenvalue weighted by Gasteiger charge is -2.15. The van der Waals surface area contributed by atoms with Crippen molar-refractivity contribution in [1.29, 1.82) is 0 Å². The minimum absolute atomic E-state index is 0.180. The predicted octanol–water partition coefficient (Wildman–Crippen LogP) is 3.46.